The molecule has 0 aliphatic carbocycles. The number of hydrogen-bond donors (Lipinski definition) is 2. The minimum absolute atomic E-state index is 0.264. The lowest BCUT2D eigenvalue weighted by atomic mass is 10.2. The highest BCUT2D eigenvalue weighted by Crippen LogP contribution is 2.13. The Morgan fingerprint density at radius 2 is 2.20 bits per heavy atom. The molecule has 0 heterocycles. The summed E-state index contributed by atoms with van der Waals surface area (Å²) in [6, 6.07) is 7.56. The fourth-order valence-electron chi connectivity index (χ4n) is 1.09. The highest BCUT2D eigenvalue weighted by Gasteiger charge is 1.98. The molecule has 0 aromatic heterocycles. The quantitative estimate of drug-likeness (QED) is 0.752. The number of hydrogen-bond acceptors (Lipinski definition) is 3. The molecule has 0 atom stereocenters. The number of halogens is 1. The molecule has 0 bridgehead atoms. The van der Waals surface area contributed by atoms with Crippen molar-refractivity contribution in [3.63, 3.8) is 0 Å². The average Bonchev–Trinajstić information content (AvgIpc) is 2.20. The summed E-state index contributed by atoms with van der Waals surface area (Å²) in [5.74, 6) is 0. The molecule has 0 aliphatic rings. The van der Waals surface area contributed by atoms with E-state index in [9.17, 15) is 4.79 Å². The van der Waals surface area contributed by atoms with Gasteiger partial charge in [0, 0.05) is 18.1 Å². The minimum Gasteiger partial charge on any atom is -0.448 e. The molecule has 0 saturated carbocycles. The molecule has 0 spiro atoms. The molecule has 5 heteroatoms. The molecule has 1 amide bonds. The van der Waals surface area contributed by atoms with Gasteiger partial charge in [0.1, 0.15) is 6.61 Å². The van der Waals surface area contributed by atoms with E-state index in [4.69, 9.17) is 17.3 Å². The minimum atomic E-state index is -0.755. The molecule has 0 radical (unpaired) electrons. The van der Waals surface area contributed by atoms with Crippen molar-refractivity contribution in [2.75, 3.05) is 13.2 Å². The van der Waals surface area contributed by atoms with E-state index >= 15 is 0 Å². The van der Waals surface area contributed by atoms with E-state index in [2.05, 4.69) is 10.1 Å². The van der Waals surface area contributed by atoms with Gasteiger partial charge in [-0.15, -0.1) is 0 Å². The lowest BCUT2D eigenvalue weighted by molar-refractivity contribution is 0.157. The Bertz CT molecular complexity index is 331. The van der Waals surface area contributed by atoms with Gasteiger partial charge in [-0.2, -0.15) is 0 Å². The van der Waals surface area contributed by atoms with Gasteiger partial charge in [0.05, 0.1) is 0 Å². The molecule has 0 fully saturated rings. The van der Waals surface area contributed by atoms with Gasteiger partial charge in [0.2, 0.25) is 0 Å². The van der Waals surface area contributed by atoms with Crippen LogP contribution in [0.25, 0.3) is 0 Å². The number of nitrogens with two attached hydrogens (primary N) is 1. The molecule has 15 heavy (non-hydrogen) atoms. The number of amides is 1. The number of carbonyl (C=O) groups excluding carboxylic acids is 1. The third-order valence-corrected chi connectivity index (χ3v) is 2.17. The number of nitrogens with one attached hydrogen (secondary N) is 1. The van der Waals surface area contributed by atoms with Crippen molar-refractivity contribution in [2.24, 2.45) is 5.73 Å². The van der Waals surface area contributed by atoms with Crippen LogP contribution in [-0.4, -0.2) is 19.2 Å². The van der Waals surface area contributed by atoms with Crippen molar-refractivity contribution in [2.45, 2.75) is 6.54 Å². The Balaban J connectivity index is 2.21. The molecule has 0 aliphatic heterocycles. The predicted molar refractivity (Wildman–Crippen MR) is 58.7 cm³/mol. The summed E-state index contributed by atoms with van der Waals surface area (Å²) in [6.45, 7) is 1.45. The number of carbonyl (C=O) groups is 1. The van der Waals surface area contributed by atoms with E-state index in [-0.39, 0.29) is 6.61 Å². The smallest absolute Gasteiger partial charge is 0.404 e. The van der Waals surface area contributed by atoms with Crippen molar-refractivity contribution in [1.29, 1.82) is 0 Å². The number of ether oxygens (including phenoxy) is 1. The normalized spacial score (nSPS) is 9.93. The van der Waals surface area contributed by atoms with Crippen LogP contribution in [0.5, 0.6) is 0 Å². The summed E-state index contributed by atoms with van der Waals surface area (Å²) >= 11 is 5.94. The van der Waals surface area contributed by atoms with Gasteiger partial charge in [-0.25, -0.2) is 4.79 Å². The molecule has 0 unspecified atom stereocenters. The molecule has 3 N–H and O–H groups in total. The van der Waals surface area contributed by atoms with Gasteiger partial charge >= 0.3 is 6.09 Å². The maximum atomic E-state index is 10.2. The van der Waals surface area contributed by atoms with Crippen molar-refractivity contribution >= 4 is 17.7 Å². The van der Waals surface area contributed by atoms with E-state index in [1.807, 2.05) is 24.3 Å². The monoisotopic (exact) mass is 228 g/mol. The van der Waals surface area contributed by atoms with Crippen LogP contribution in [0.1, 0.15) is 5.56 Å². The lowest BCUT2D eigenvalue weighted by Crippen LogP contribution is -2.23. The van der Waals surface area contributed by atoms with Gasteiger partial charge in [0.15, 0.2) is 0 Å². The van der Waals surface area contributed by atoms with Crippen LogP contribution < -0.4 is 11.1 Å². The van der Waals surface area contributed by atoms with Crippen molar-refractivity contribution in [3.05, 3.63) is 34.9 Å². The first-order valence-electron chi connectivity index (χ1n) is 4.56. The highest BCUT2D eigenvalue weighted by atomic mass is 35.5. The van der Waals surface area contributed by atoms with Gasteiger partial charge in [-0.3, -0.25) is 0 Å². The highest BCUT2D eigenvalue weighted by molar-refractivity contribution is 6.31. The third-order valence-electron chi connectivity index (χ3n) is 1.80. The zero-order valence-electron chi connectivity index (χ0n) is 8.20. The van der Waals surface area contributed by atoms with E-state index < -0.39 is 6.09 Å². The molecule has 1 aromatic carbocycles. The number of benzene rings is 1. The lowest BCUT2D eigenvalue weighted by Gasteiger charge is -2.06. The Labute approximate surface area is 93.4 Å². The van der Waals surface area contributed by atoms with Crippen molar-refractivity contribution in [1.82, 2.24) is 5.32 Å². The summed E-state index contributed by atoms with van der Waals surface area (Å²) in [6.07, 6.45) is -0.755. The van der Waals surface area contributed by atoms with Crippen LogP contribution >= 0.6 is 11.6 Å². The zero-order valence-corrected chi connectivity index (χ0v) is 8.96. The maximum absolute atomic E-state index is 10.2. The molecule has 82 valence electrons. The summed E-state index contributed by atoms with van der Waals surface area (Å²) in [4.78, 5) is 10.2. The first-order chi connectivity index (χ1) is 7.20. The second-order valence-electron chi connectivity index (χ2n) is 2.94. The topological polar surface area (TPSA) is 64.4 Å². The molecule has 1 rings (SSSR count). The Morgan fingerprint density at radius 3 is 2.87 bits per heavy atom. The second-order valence-corrected chi connectivity index (χ2v) is 3.34. The van der Waals surface area contributed by atoms with Crippen molar-refractivity contribution < 1.29 is 9.53 Å². The van der Waals surface area contributed by atoms with Crippen molar-refractivity contribution in [3.8, 4) is 0 Å². The van der Waals surface area contributed by atoms with Crippen LogP contribution in [0, 0.1) is 0 Å². The number of primary amides is 1. The fourth-order valence-corrected chi connectivity index (χ4v) is 1.29. The summed E-state index contributed by atoms with van der Waals surface area (Å²) < 4.78 is 4.55. The fraction of sp³-hybridized carbons (Fsp3) is 0.300. The predicted octanol–water partition coefficient (Wildman–Crippen LogP) is 1.52. The molecule has 4 nitrogen and oxygen atoms in total. The first kappa shape index (κ1) is 11.8. The molecule has 1 aromatic rings. The summed E-state index contributed by atoms with van der Waals surface area (Å²) in [5, 5.41) is 3.80. The Morgan fingerprint density at radius 1 is 1.47 bits per heavy atom. The van der Waals surface area contributed by atoms with E-state index in [1.54, 1.807) is 0 Å². The molecule has 0 saturated heterocycles. The molecular weight excluding hydrogens is 216 g/mol. The third kappa shape index (κ3) is 4.67. The maximum Gasteiger partial charge on any atom is 0.404 e. The van der Waals surface area contributed by atoms with Gasteiger partial charge in [-0.1, -0.05) is 29.8 Å². The number of rotatable bonds is 5. The van der Waals surface area contributed by atoms with E-state index in [0.29, 0.717) is 13.1 Å². The van der Waals surface area contributed by atoms with E-state index in [0.717, 1.165) is 10.6 Å². The van der Waals surface area contributed by atoms with Crippen LogP contribution in [-0.2, 0) is 11.3 Å². The largest absolute Gasteiger partial charge is 0.448 e. The first-order valence-corrected chi connectivity index (χ1v) is 4.94. The van der Waals surface area contributed by atoms with Crippen LogP contribution in [0.3, 0.4) is 0 Å². The summed E-state index contributed by atoms with van der Waals surface area (Å²) in [5.41, 5.74) is 5.81. The second kappa shape index (κ2) is 6.27. The van der Waals surface area contributed by atoms with Gasteiger partial charge < -0.3 is 15.8 Å². The van der Waals surface area contributed by atoms with Crippen LogP contribution in [0.15, 0.2) is 24.3 Å². The van der Waals surface area contributed by atoms with E-state index in [1.165, 1.54) is 0 Å². The Hall–Kier alpha value is -1.26. The average molecular weight is 229 g/mol. The van der Waals surface area contributed by atoms with Gasteiger partial charge in [0.25, 0.3) is 0 Å². The summed E-state index contributed by atoms with van der Waals surface area (Å²) in [7, 11) is 0. The van der Waals surface area contributed by atoms with Crippen LogP contribution in [0.2, 0.25) is 5.02 Å². The van der Waals surface area contributed by atoms with Crippen LogP contribution in [0.4, 0.5) is 4.79 Å². The zero-order chi connectivity index (χ0) is 11.1. The Kier molecular flexibility index (Phi) is 4.93. The molecular formula is C10H13ClN2O2. The standard InChI is InChI=1S/C10H13ClN2O2/c11-9-4-2-1-3-8(9)7-13-5-6-15-10(12)14/h1-4,13H,5-7H2,(H2,12,14). The SMILES string of the molecule is NC(=O)OCCNCc1ccccc1Cl. The van der Waals surface area contributed by atoms with Gasteiger partial charge in [-0.05, 0) is 11.6 Å².